The molecule has 0 radical (unpaired) electrons. The first kappa shape index (κ1) is 17.4. The quantitative estimate of drug-likeness (QED) is 0.897. The zero-order valence-corrected chi connectivity index (χ0v) is 13.6. The maximum absolute atomic E-state index is 12.3. The molecule has 2 aliphatic heterocycles. The number of carbonyl (C=O) groups excluding carboxylic acids is 1. The number of hydrogen-bond acceptors (Lipinski definition) is 3. The molecular formula is C17H20F3N3O2. The van der Waals surface area contributed by atoms with Gasteiger partial charge >= 0.3 is 12.4 Å². The highest BCUT2D eigenvalue weighted by Gasteiger charge is 2.31. The molecule has 0 bridgehead atoms. The van der Waals surface area contributed by atoms with E-state index in [0.717, 1.165) is 25.8 Å². The van der Waals surface area contributed by atoms with E-state index in [1.165, 1.54) is 24.3 Å². The summed E-state index contributed by atoms with van der Waals surface area (Å²) >= 11 is 0. The fourth-order valence-electron chi connectivity index (χ4n) is 3.16. The predicted molar refractivity (Wildman–Crippen MR) is 87.2 cm³/mol. The molecule has 25 heavy (non-hydrogen) atoms. The molecule has 1 N–H and O–H groups in total. The Hall–Kier alpha value is -2.38. The van der Waals surface area contributed by atoms with Crippen molar-refractivity contribution in [1.29, 1.82) is 0 Å². The molecule has 2 heterocycles. The second-order valence-electron chi connectivity index (χ2n) is 6.13. The fraction of sp³-hybridized carbons (Fsp3) is 0.471. The van der Waals surface area contributed by atoms with E-state index < -0.39 is 6.36 Å². The predicted octanol–water partition coefficient (Wildman–Crippen LogP) is 3.80. The number of piperidine rings is 1. The largest absolute Gasteiger partial charge is 0.573 e. The molecule has 0 atom stereocenters. The second-order valence-corrected chi connectivity index (χ2v) is 6.13. The van der Waals surface area contributed by atoms with Crippen molar-refractivity contribution < 1.29 is 22.7 Å². The van der Waals surface area contributed by atoms with E-state index in [4.69, 9.17) is 0 Å². The van der Waals surface area contributed by atoms with Crippen LogP contribution < -0.4 is 10.1 Å². The van der Waals surface area contributed by atoms with Crippen LogP contribution in [0.4, 0.5) is 23.7 Å². The lowest BCUT2D eigenvalue weighted by atomic mass is 10.0. The van der Waals surface area contributed by atoms with Crippen molar-refractivity contribution in [2.45, 2.75) is 31.7 Å². The maximum atomic E-state index is 12.3. The van der Waals surface area contributed by atoms with Crippen LogP contribution in [0.5, 0.6) is 5.75 Å². The van der Waals surface area contributed by atoms with Crippen molar-refractivity contribution in [1.82, 2.24) is 9.80 Å². The molecular weight excluding hydrogens is 335 g/mol. The highest BCUT2D eigenvalue weighted by Crippen LogP contribution is 2.25. The Kier molecular flexibility index (Phi) is 5.06. The van der Waals surface area contributed by atoms with Crippen LogP contribution >= 0.6 is 0 Å². The van der Waals surface area contributed by atoms with E-state index in [2.05, 4.69) is 27.2 Å². The first-order valence-electron chi connectivity index (χ1n) is 8.25. The molecule has 0 unspecified atom stereocenters. The van der Waals surface area contributed by atoms with Gasteiger partial charge in [-0.1, -0.05) is 6.08 Å². The Morgan fingerprint density at radius 3 is 2.36 bits per heavy atom. The van der Waals surface area contributed by atoms with E-state index in [-0.39, 0.29) is 11.8 Å². The zero-order valence-electron chi connectivity index (χ0n) is 13.6. The fourth-order valence-corrected chi connectivity index (χ4v) is 3.16. The van der Waals surface area contributed by atoms with Crippen LogP contribution in [0.3, 0.4) is 0 Å². The van der Waals surface area contributed by atoms with Crippen LogP contribution in [0.25, 0.3) is 0 Å². The van der Waals surface area contributed by atoms with E-state index in [1.54, 1.807) is 4.90 Å². The zero-order chi connectivity index (χ0) is 17.9. The van der Waals surface area contributed by atoms with Gasteiger partial charge in [-0.3, -0.25) is 0 Å². The van der Waals surface area contributed by atoms with Gasteiger partial charge in [-0.2, -0.15) is 0 Å². The minimum Gasteiger partial charge on any atom is -0.406 e. The summed E-state index contributed by atoms with van der Waals surface area (Å²) in [5, 5.41) is 2.71. The Morgan fingerprint density at radius 2 is 1.80 bits per heavy atom. The van der Waals surface area contributed by atoms with Gasteiger partial charge < -0.3 is 19.9 Å². The number of urea groups is 1. The average Bonchev–Trinajstić information content (AvgIpc) is 3.10. The molecule has 2 amide bonds. The van der Waals surface area contributed by atoms with Crippen molar-refractivity contribution in [2.75, 3.05) is 25.0 Å². The number of halogens is 3. The molecule has 2 aliphatic rings. The summed E-state index contributed by atoms with van der Waals surface area (Å²) in [6, 6.07) is 5.37. The molecule has 1 fully saturated rings. The van der Waals surface area contributed by atoms with Crippen molar-refractivity contribution in [3.05, 3.63) is 36.5 Å². The summed E-state index contributed by atoms with van der Waals surface area (Å²) in [5.74, 6) is -0.315. The molecule has 0 saturated carbocycles. The molecule has 1 saturated heterocycles. The SMILES string of the molecule is O=C(Nc1ccc(OC(F)(F)F)cc1)N1CCC(N2C=CCC2)CC1. The second kappa shape index (κ2) is 7.25. The van der Waals surface area contributed by atoms with Crippen LogP contribution in [-0.4, -0.2) is 47.9 Å². The van der Waals surface area contributed by atoms with Crippen LogP contribution in [-0.2, 0) is 0 Å². The number of amides is 2. The number of nitrogens with zero attached hydrogens (tertiary/aromatic N) is 2. The Labute approximate surface area is 144 Å². The Balaban J connectivity index is 1.48. The van der Waals surface area contributed by atoms with Gasteiger partial charge in [-0.15, -0.1) is 13.2 Å². The van der Waals surface area contributed by atoms with Gasteiger partial charge in [0.05, 0.1) is 0 Å². The summed E-state index contributed by atoms with van der Waals surface area (Å²) in [6.45, 7) is 2.37. The molecule has 0 aliphatic carbocycles. The number of anilines is 1. The van der Waals surface area contributed by atoms with E-state index in [0.29, 0.717) is 24.8 Å². The van der Waals surface area contributed by atoms with Crippen LogP contribution in [0.15, 0.2) is 36.5 Å². The van der Waals surface area contributed by atoms with Gasteiger partial charge in [-0.25, -0.2) is 4.79 Å². The number of rotatable bonds is 3. The highest BCUT2D eigenvalue weighted by molar-refractivity contribution is 5.89. The van der Waals surface area contributed by atoms with Crippen molar-refractivity contribution in [3.8, 4) is 5.75 Å². The average molecular weight is 355 g/mol. The minimum atomic E-state index is -4.72. The van der Waals surface area contributed by atoms with Crippen molar-refractivity contribution in [2.24, 2.45) is 0 Å². The monoisotopic (exact) mass is 355 g/mol. The van der Waals surface area contributed by atoms with Crippen LogP contribution in [0.1, 0.15) is 19.3 Å². The van der Waals surface area contributed by atoms with E-state index >= 15 is 0 Å². The lowest BCUT2D eigenvalue weighted by molar-refractivity contribution is -0.274. The molecule has 1 aromatic carbocycles. The maximum Gasteiger partial charge on any atom is 0.573 e. The number of ether oxygens (including phenoxy) is 1. The third-order valence-corrected chi connectivity index (χ3v) is 4.41. The summed E-state index contributed by atoms with van der Waals surface area (Å²) < 4.78 is 40.2. The molecule has 1 aromatic rings. The number of alkyl halides is 3. The lowest BCUT2D eigenvalue weighted by Crippen LogP contribution is -2.46. The van der Waals surface area contributed by atoms with Gasteiger partial charge in [0, 0.05) is 31.4 Å². The van der Waals surface area contributed by atoms with E-state index in [1.807, 2.05) is 0 Å². The van der Waals surface area contributed by atoms with Crippen LogP contribution in [0, 0.1) is 0 Å². The standard InChI is InChI=1S/C17H20F3N3O2/c18-17(19,20)25-15-5-3-13(4-6-15)21-16(24)23-11-7-14(8-12-23)22-9-1-2-10-22/h1,3-6,9,14H,2,7-8,10-12H2,(H,21,24). The van der Waals surface area contributed by atoms with Crippen molar-refractivity contribution in [3.63, 3.8) is 0 Å². The van der Waals surface area contributed by atoms with E-state index in [9.17, 15) is 18.0 Å². The number of benzene rings is 1. The molecule has 8 heteroatoms. The summed E-state index contributed by atoms with van der Waals surface area (Å²) in [5.41, 5.74) is 0.434. The molecule has 0 aromatic heterocycles. The highest BCUT2D eigenvalue weighted by atomic mass is 19.4. The van der Waals surface area contributed by atoms with Gasteiger partial charge in [0.2, 0.25) is 0 Å². The number of carbonyl (C=O) groups is 1. The van der Waals surface area contributed by atoms with Gasteiger partial charge in [-0.05, 0) is 49.7 Å². The third kappa shape index (κ3) is 4.80. The molecule has 0 spiro atoms. The lowest BCUT2D eigenvalue weighted by Gasteiger charge is -2.36. The summed E-state index contributed by atoms with van der Waals surface area (Å²) in [6.07, 6.45) is 2.47. The summed E-state index contributed by atoms with van der Waals surface area (Å²) in [7, 11) is 0. The van der Waals surface area contributed by atoms with Crippen LogP contribution in [0.2, 0.25) is 0 Å². The Bertz CT molecular complexity index is 623. The third-order valence-electron chi connectivity index (χ3n) is 4.41. The van der Waals surface area contributed by atoms with Gasteiger partial charge in [0.1, 0.15) is 5.75 Å². The summed E-state index contributed by atoms with van der Waals surface area (Å²) in [4.78, 5) is 16.3. The topological polar surface area (TPSA) is 44.8 Å². The van der Waals surface area contributed by atoms with Gasteiger partial charge in [0.25, 0.3) is 0 Å². The first-order valence-corrected chi connectivity index (χ1v) is 8.25. The number of hydrogen-bond donors (Lipinski definition) is 1. The van der Waals surface area contributed by atoms with Gasteiger partial charge in [0.15, 0.2) is 0 Å². The Morgan fingerprint density at radius 1 is 1.12 bits per heavy atom. The number of nitrogens with one attached hydrogen (secondary N) is 1. The normalized spacial score (nSPS) is 18.5. The number of likely N-dealkylation sites (tertiary alicyclic amines) is 1. The molecule has 3 rings (SSSR count). The minimum absolute atomic E-state index is 0.236. The molecule has 5 nitrogen and oxygen atoms in total. The van der Waals surface area contributed by atoms with Crippen molar-refractivity contribution >= 4 is 11.7 Å². The molecule has 136 valence electrons. The first-order chi connectivity index (χ1) is 11.9. The smallest absolute Gasteiger partial charge is 0.406 e.